The maximum Gasteiger partial charge on any atom is 2.00 e. The Bertz CT molecular complexity index is 963. The fourth-order valence-electron chi connectivity index (χ4n) is 3.86. The van der Waals surface area contributed by atoms with Crippen LogP contribution in [0.25, 0.3) is 0 Å². The quantitative estimate of drug-likeness (QED) is 0.116. The third-order valence-corrected chi connectivity index (χ3v) is 7.76. The van der Waals surface area contributed by atoms with Crippen LogP contribution >= 0.6 is 0 Å². The summed E-state index contributed by atoms with van der Waals surface area (Å²) < 4.78 is 64.5. The smallest absolute Gasteiger partial charge is 0.744 e. The number of hydrogen-bond donors (Lipinski definition) is 0. The molecular formula is C28H42O6S2Zn. The van der Waals surface area contributed by atoms with Crippen molar-refractivity contribution >= 4 is 20.2 Å². The summed E-state index contributed by atoms with van der Waals surface area (Å²) in [4.78, 5) is -0.289. The van der Waals surface area contributed by atoms with E-state index in [0.29, 0.717) is 0 Å². The maximum absolute atomic E-state index is 10.7. The van der Waals surface area contributed by atoms with Gasteiger partial charge in [-0.05, 0) is 61.1 Å². The molecule has 37 heavy (non-hydrogen) atoms. The molecule has 6 nitrogen and oxygen atoms in total. The van der Waals surface area contributed by atoms with E-state index in [0.717, 1.165) is 36.8 Å². The topological polar surface area (TPSA) is 114 Å². The Hall–Kier alpha value is -1.12. The van der Waals surface area contributed by atoms with Gasteiger partial charge < -0.3 is 9.11 Å². The third-order valence-electron chi connectivity index (χ3n) is 6.06. The van der Waals surface area contributed by atoms with Gasteiger partial charge in [-0.1, -0.05) is 102 Å². The van der Waals surface area contributed by atoms with Gasteiger partial charge in [0, 0.05) is 0 Å². The molecule has 2 aromatic carbocycles. The standard InChI is InChI=1S/2C14H22O3S.Zn/c2*1-2-3-4-5-6-7-8-13-9-11-14(12-10-13)18(15,16)17;/h2*9-12H,2-8H2,1H3,(H,15,16,17);/q;;+2/p-2. The molecule has 9 heteroatoms. The van der Waals surface area contributed by atoms with Crippen LogP contribution in [0.3, 0.4) is 0 Å². The van der Waals surface area contributed by atoms with Gasteiger partial charge in [-0.25, -0.2) is 16.8 Å². The van der Waals surface area contributed by atoms with Crippen molar-refractivity contribution in [3.8, 4) is 0 Å². The number of rotatable bonds is 16. The molecule has 0 spiro atoms. The zero-order chi connectivity index (χ0) is 26.9. The predicted octanol–water partition coefficient (Wildman–Crippen LogP) is 6.98. The molecule has 0 fully saturated rings. The maximum atomic E-state index is 10.7. The van der Waals surface area contributed by atoms with Crippen LogP contribution in [0.2, 0.25) is 0 Å². The second-order valence-corrected chi connectivity index (χ2v) is 12.0. The van der Waals surface area contributed by atoms with Gasteiger partial charge in [-0.15, -0.1) is 0 Å². The molecule has 0 aromatic heterocycles. The molecule has 0 aliphatic rings. The summed E-state index contributed by atoms with van der Waals surface area (Å²) >= 11 is 0. The summed E-state index contributed by atoms with van der Waals surface area (Å²) in [6.07, 6.45) is 16.8. The first-order valence-corrected chi connectivity index (χ1v) is 16.0. The average Bonchev–Trinajstić information content (AvgIpc) is 2.83. The molecule has 0 aliphatic carbocycles. The normalized spacial score (nSPS) is 11.4. The minimum absolute atomic E-state index is 0. The Labute approximate surface area is 237 Å². The van der Waals surface area contributed by atoms with E-state index in [1.165, 1.54) is 88.5 Å². The first kappa shape index (κ1) is 35.9. The Morgan fingerprint density at radius 2 is 0.757 bits per heavy atom. The van der Waals surface area contributed by atoms with Gasteiger partial charge in [0.15, 0.2) is 0 Å². The largest absolute Gasteiger partial charge is 2.00 e. The Kier molecular flexibility index (Phi) is 19.3. The molecule has 0 bridgehead atoms. The average molecular weight is 604 g/mol. The van der Waals surface area contributed by atoms with Crippen LogP contribution in [0.4, 0.5) is 0 Å². The van der Waals surface area contributed by atoms with Gasteiger partial charge in [0.2, 0.25) is 0 Å². The van der Waals surface area contributed by atoms with Gasteiger partial charge in [0.1, 0.15) is 20.2 Å². The molecule has 2 rings (SSSR count). The molecule has 0 heterocycles. The van der Waals surface area contributed by atoms with E-state index in [-0.39, 0.29) is 29.3 Å². The van der Waals surface area contributed by atoms with Gasteiger partial charge in [-0.3, -0.25) is 0 Å². The van der Waals surface area contributed by atoms with E-state index < -0.39 is 20.2 Å². The molecule has 0 saturated heterocycles. The van der Waals surface area contributed by atoms with E-state index >= 15 is 0 Å². The summed E-state index contributed by atoms with van der Waals surface area (Å²) in [6, 6.07) is 12.5. The summed E-state index contributed by atoms with van der Waals surface area (Å²) in [5.41, 5.74) is 2.19. The zero-order valence-electron chi connectivity index (χ0n) is 22.5. The van der Waals surface area contributed by atoms with Crippen LogP contribution in [0.1, 0.15) is 102 Å². The van der Waals surface area contributed by atoms with Crippen LogP contribution in [0.5, 0.6) is 0 Å². The first-order valence-electron chi connectivity index (χ1n) is 13.2. The van der Waals surface area contributed by atoms with Crippen molar-refractivity contribution in [1.29, 1.82) is 0 Å². The van der Waals surface area contributed by atoms with Crippen molar-refractivity contribution in [2.75, 3.05) is 0 Å². The van der Waals surface area contributed by atoms with E-state index in [1.54, 1.807) is 24.3 Å². The summed E-state index contributed by atoms with van der Waals surface area (Å²) in [5.74, 6) is 0. The monoisotopic (exact) mass is 602 g/mol. The van der Waals surface area contributed by atoms with Crippen LogP contribution in [0.15, 0.2) is 58.3 Å². The van der Waals surface area contributed by atoms with Gasteiger partial charge in [0.25, 0.3) is 0 Å². The zero-order valence-corrected chi connectivity index (χ0v) is 27.1. The molecule has 2 aromatic rings. The van der Waals surface area contributed by atoms with Gasteiger partial charge in [0.05, 0.1) is 9.79 Å². The Morgan fingerprint density at radius 3 is 1.03 bits per heavy atom. The molecule has 0 N–H and O–H groups in total. The van der Waals surface area contributed by atoms with Crippen molar-refractivity contribution in [2.45, 2.75) is 114 Å². The van der Waals surface area contributed by atoms with E-state index in [2.05, 4.69) is 13.8 Å². The predicted molar refractivity (Wildman–Crippen MR) is 143 cm³/mol. The van der Waals surface area contributed by atoms with Crippen LogP contribution in [0, 0.1) is 0 Å². The number of hydrogen-bond acceptors (Lipinski definition) is 6. The van der Waals surface area contributed by atoms with Gasteiger partial charge in [-0.2, -0.15) is 0 Å². The Morgan fingerprint density at radius 1 is 0.486 bits per heavy atom. The molecule has 0 radical (unpaired) electrons. The Balaban J connectivity index is 0.000000682. The van der Waals surface area contributed by atoms with Crippen LogP contribution in [-0.4, -0.2) is 25.9 Å². The second-order valence-electron chi connectivity index (χ2n) is 9.23. The molecule has 0 atom stereocenters. The van der Waals surface area contributed by atoms with Crippen LogP contribution in [-0.2, 0) is 52.6 Å². The van der Waals surface area contributed by atoms with E-state index in [4.69, 9.17) is 0 Å². The third kappa shape index (κ3) is 17.2. The molecule has 0 saturated carbocycles. The molecular weight excluding hydrogens is 562 g/mol. The van der Waals surface area contributed by atoms with Gasteiger partial charge >= 0.3 is 19.5 Å². The van der Waals surface area contributed by atoms with E-state index in [1.807, 2.05) is 0 Å². The first-order chi connectivity index (χ1) is 17.1. The molecule has 0 aliphatic heterocycles. The van der Waals surface area contributed by atoms with E-state index in [9.17, 15) is 25.9 Å². The summed E-state index contributed by atoms with van der Waals surface area (Å²) in [7, 11) is -8.61. The van der Waals surface area contributed by atoms with Crippen molar-refractivity contribution < 1.29 is 45.4 Å². The van der Waals surface area contributed by atoms with Crippen LogP contribution < -0.4 is 0 Å². The number of aryl methyl sites for hydroxylation is 2. The second kappa shape index (κ2) is 19.9. The summed E-state index contributed by atoms with van der Waals surface area (Å²) in [5, 5.41) is 0. The SMILES string of the molecule is CCCCCCCCc1ccc(S(=O)(=O)[O-])cc1.CCCCCCCCc1ccc(S(=O)(=O)[O-])cc1.[Zn+2]. The minimum Gasteiger partial charge on any atom is -0.744 e. The van der Waals surface area contributed by atoms with Crippen molar-refractivity contribution in [2.24, 2.45) is 0 Å². The fourth-order valence-corrected chi connectivity index (χ4v) is 4.80. The fraction of sp³-hybridized carbons (Fsp3) is 0.571. The number of benzene rings is 2. The number of unbranched alkanes of at least 4 members (excludes halogenated alkanes) is 10. The molecule has 204 valence electrons. The molecule has 0 unspecified atom stereocenters. The van der Waals surface area contributed by atoms with Crippen molar-refractivity contribution in [3.63, 3.8) is 0 Å². The minimum atomic E-state index is -4.31. The molecule has 0 amide bonds. The summed E-state index contributed by atoms with van der Waals surface area (Å²) in [6.45, 7) is 4.40. The van der Waals surface area contributed by atoms with Crippen molar-refractivity contribution in [3.05, 3.63) is 59.7 Å². The van der Waals surface area contributed by atoms with Crippen molar-refractivity contribution in [1.82, 2.24) is 0 Å².